The monoisotopic (exact) mass is 427 g/mol. The van der Waals surface area contributed by atoms with Crippen molar-refractivity contribution in [3.8, 4) is 11.1 Å². The number of carboxylic acids is 1. The van der Waals surface area contributed by atoms with Crippen LogP contribution in [-0.2, 0) is 6.42 Å². The van der Waals surface area contributed by atoms with Gasteiger partial charge in [0, 0.05) is 57.2 Å². The Hall–Kier alpha value is -2.89. The number of H-pyrrole nitrogens is 2. The Morgan fingerprint density at radius 2 is 1.97 bits per heavy atom. The summed E-state index contributed by atoms with van der Waals surface area (Å²) >= 11 is 12.4. The van der Waals surface area contributed by atoms with E-state index >= 15 is 0 Å². The molecule has 2 aromatic heterocycles. The molecule has 5 nitrogen and oxygen atoms in total. The molecule has 1 aliphatic rings. The van der Waals surface area contributed by atoms with Crippen LogP contribution < -0.4 is 5.32 Å². The molecule has 7 heteroatoms. The van der Waals surface area contributed by atoms with E-state index in [2.05, 4.69) is 15.3 Å². The number of carboxylic acid groups (broad SMARTS) is 1. The van der Waals surface area contributed by atoms with Crippen molar-refractivity contribution < 1.29 is 9.90 Å². The van der Waals surface area contributed by atoms with Gasteiger partial charge in [-0.1, -0.05) is 29.3 Å². The first-order valence-corrected chi connectivity index (χ1v) is 9.87. The van der Waals surface area contributed by atoms with Gasteiger partial charge in [-0.05, 0) is 54.3 Å². The number of hydrogen-bond donors (Lipinski definition) is 4. The maximum atomic E-state index is 11.9. The van der Waals surface area contributed by atoms with Crippen LogP contribution in [0, 0.1) is 0 Å². The highest BCUT2D eigenvalue weighted by Gasteiger charge is 2.22. The standard InChI is InChI=1S/C22H19Cl2N3O2/c1-25-19-6-4-13(23)3-2-12(19)8-16-18(11-27-21(16)22(28)29)17-10-26-20-7-5-14(24)9-15(17)20/h3-7,9-11,25-27H,2,8H2,1H3,(H,28,29). The van der Waals surface area contributed by atoms with Crippen molar-refractivity contribution >= 4 is 40.1 Å². The molecule has 0 unspecified atom stereocenters. The van der Waals surface area contributed by atoms with Crippen molar-refractivity contribution in [2.45, 2.75) is 12.8 Å². The molecule has 1 aromatic carbocycles. The molecule has 4 rings (SSSR count). The van der Waals surface area contributed by atoms with E-state index in [9.17, 15) is 9.90 Å². The molecule has 29 heavy (non-hydrogen) atoms. The van der Waals surface area contributed by atoms with Crippen molar-refractivity contribution in [2.24, 2.45) is 0 Å². The lowest BCUT2D eigenvalue weighted by Gasteiger charge is -2.12. The maximum Gasteiger partial charge on any atom is 0.352 e. The Morgan fingerprint density at radius 3 is 2.72 bits per heavy atom. The summed E-state index contributed by atoms with van der Waals surface area (Å²) in [6.07, 6.45) is 10.4. The quantitative estimate of drug-likeness (QED) is 0.426. The van der Waals surface area contributed by atoms with Gasteiger partial charge in [0.1, 0.15) is 5.69 Å². The first kappa shape index (κ1) is 19.4. The summed E-state index contributed by atoms with van der Waals surface area (Å²) in [5.41, 5.74) is 5.58. The number of allylic oxidation sites excluding steroid dienone is 5. The summed E-state index contributed by atoms with van der Waals surface area (Å²) in [5, 5.41) is 15.2. The first-order chi connectivity index (χ1) is 14.0. The molecule has 0 saturated heterocycles. The molecule has 148 valence electrons. The molecule has 2 heterocycles. The Balaban J connectivity index is 1.86. The predicted molar refractivity (Wildman–Crippen MR) is 118 cm³/mol. The highest BCUT2D eigenvalue weighted by molar-refractivity contribution is 6.31. The van der Waals surface area contributed by atoms with Gasteiger partial charge < -0.3 is 20.4 Å². The second kappa shape index (κ2) is 7.85. The summed E-state index contributed by atoms with van der Waals surface area (Å²) in [5.74, 6) is -0.992. The molecule has 0 radical (unpaired) electrons. The highest BCUT2D eigenvalue weighted by Crippen LogP contribution is 2.36. The number of hydrogen-bond acceptors (Lipinski definition) is 2. The summed E-state index contributed by atoms with van der Waals surface area (Å²) in [6, 6.07) is 5.62. The van der Waals surface area contributed by atoms with Gasteiger partial charge in [0.2, 0.25) is 0 Å². The van der Waals surface area contributed by atoms with Crippen LogP contribution in [0.25, 0.3) is 22.0 Å². The molecule has 0 fully saturated rings. The Labute approximate surface area is 177 Å². The molecule has 3 aromatic rings. The van der Waals surface area contributed by atoms with Gasteiger partial charge in [0.15, 0.2) is 0 Å². The molecular weight excluding hydrogens is 409 g/mol. The van der Waals surface area contributed by atoms with Crippen molar-refractivity contribution in [2.75, 3.05) is 7.05 Å². The lowest BCUT2D eigenvalue weighted by atomic mass is 9.94. The van der Waals surface area contributed by atoms with Gasteiger partial charge in [-0.25, -0.2) is 4.79 Å². The van der Waals surface area contributed by atoms with Crippen LogP contribution in [0.4, 0.5) is 0 Å². The summed E-state index contributed by atoms with van der Waals surface area (Å²) in [7, 11) is 1.84. The number of carbonyl (C=O) groups is 1. The predicted octanol–water partition coefficient (Wildman–Crippen LogP) is 5.61. The van der Waals surface area contributed by atoms with Crippen molar-refractivity contribution in [3.63, 3.8) is 0 Å². The fraction of sp³-hybridized carbons (Fsp3) is 0.136. The van der Waals surface area contributed by atoms with Crippen LogP contribution in [0.5, 0.6) is 0 Å². The van der Waals surface area contributed by atoms with Crippen molar-refractivity contribution in [1.82, 2.24) is 15.3 Å². The van der Waals surface area contributed by atoms with Gasteiger partial charge in [-0.2, -0.15) is 0 Å². The number of halogens is 2. The lowest BCUT2D eigenvalue weighted by molar-refractivity contribution is 0.0690. The fourth-order valence-corrected chi connectivity index (χ4v) is 4.02. The largest absolute Gasteiger partial charge is 0.477 e. The minimum atomic E-state index is -0.992. The highest BCUT2D eigenvalue weighted by atomic mass is 35.5. The number of benzene rings is 1. The Kier molecular flexibility index (Phi) is 5.26. The second-order valence-electron chi connectivity index (χ2n) is 6.82. The topological polar surface area (TPSA) is 80.9 Å². The number of aromatic carboxylic acids is 1. The van der Waals surface area contributed by atoms with E-state index in [1.165, 1.54) is 0 Å². The molecule has 0 bridgehead atoms. The molecule has 0 amide bonds. The molecule has 0 aliphatic heterocycles. The second-order valence-corrected chi connectivity index (χ2v) is 7.70. The average molecular weight is 428 g/mol. The number of fused-ring (bicyclic) bond motifs is 1. The van der Waals surface area contributed by atoms with Crippen LogP contribution in [0.1, 0.15) is 22.5 Å². The van der Waals surface area contributed by atoms with Crippen LogP contribution in [-0.4, -0.2) is 28.1 Å². The molecule has 4 N–H and O–H groups in total. The van der Waals surface area contributed by atoms with Gasteiger partial charge in [0.05, 0.1) is 0 Å². The van der Waals surface area contributed by atoms with E-state index in [4.69, 9.17) is 23.2 Å². The third kappa shape index (κ3) is 3.71. The number of aromatic amines is 2. The third-order valence-corrected chi connectivity index (χ3v) is 5.64. The number of nitrogens with one attached hydrogen (secondary N) is 3. The number of aromatic nitrogens is 2. The Morgan fingerprint density at radius 1 is 1.17 bits per heavy atom. The van der Waals surface area contributed by atoms with E-state index in [1.807, 2.05) is 49.7 Å². The lowest BCUT2D eigenvalue weighted by Crippen LogP contribution is -2.10. The van der Waals surface area contributed by atoms with E-state index in [0.717, 1.165) is 38.9 Å². The third-order valence-electron chi connectivity index (χ3n) is 5.13. The minimum Gasteiger partial charge on any atom is -0.477 e. The molecule has 0 atom stereocenters. The van der Waals surface area contributed by atoms with Gasteiger partial charge in [0.25, 0.3) is 0 Å². The molecular formula is C22H19Cl2N3O2. The van der Waals surface area contributed by atoms with Crippen LogP contribution in [0.15, 0.2) is 65.1 Å². The fourth-order valence-electron chi connectivity index (χ4n) is 3.70. The van der Waals surface area contributed by atoms with E-state index < -0.39 is 5.97 Å². The number of rotatable bonds is 5. The van der Waals surface area contributed by atoms with Crippen LogP contribution in [0.2, 0.25) is 5.02 Å². The summed E-state index contributed by atoms with van der Waals surface area (Å²) in [6.45, 7) is 0. The normalized spacial score (nSPS) is 14.2. The van der Waals surface area contributed by atoms with Gasteiger partial charge >= 0.3 is 5.97 Å². The zero-order valence-electron chi connectivity index (χ0n) is 15.6. The first-order valence-electron chi connectivity index (χ1n) is 9.12. The zero-order chi connectivity index (χ0) is 20.5. The summed E-state index contributed by atoms with van der Waals surface area (Å²) < 4.78 is 0. The minimum absolute atomic E-state index is 0.183. The number of likely N-dealkylation sites (N-methyl/N-ethyl adjacent to an activating group) is 1. The molecule has 0 spiro atoms. The van der Waals surface area contributed by atoms with Gasteiger partial charge in [-0.15, -0.1) is 0 Å². The zero-order valence-corrected chi connectivity index (χ0v) is 17.2. The van der Waals surface area contributed by atoms with Crippen LogP contribution >= 0.6 is 23.2 Å². The average Bonchev–Trinajstić information content (AvgIpc) is 3.24. The molecule has 1 aliphatic carbocycles. The van der Waals surface area contributed by atoms with E-state index in [-0.39, 0.29) is 5.69 Å². The SMILES string of the molecule is CNC1=C(Cc2c(-c3c[nH]c4ccc(Cl)cc34)c[nH]c2C(=O)O)CC=C(Cl)C=C1. The Bertz CT molecular complexity index is 1200. The summed E-state index contributed by atoms with van der Waals surface area (Å²) in [4.78, 5) is 18.1. The van der Waals surface area contributed by atoms with Crippen LogP contribution in [0.3, 0.4) is 0 Å². The maximum absolute atomic E-state index is 11.9. The van der Waals surface area contributed by atoms with E-state index in [1.54, 1.807) is 6.20 Å². The van der Waals surface area contributed by atoms with Gasteiger partial charge in [-0.3, -0.25) is 0 Å². The smallest absolute Gasteiger partial charge is 0.352 e. The van der Waals surface area contributed by atoms with E-state index in [0.29, 0.717) is 22.9 Å². The van der Waals surface area contributed by atoms with Crippen molar-refractivity contribution in [3.05, 3.63) is 81.4 Å². The van der Waals surface area contributed by atoms with Crippen molar-refractivity contribution in [1.29, 1.82) is 0 Å². The molecule has 0 saturated carbocycles.